The highest BCUT2D eigenvalue weighted by Gasteiger charge is 2.12. The fourth-order valence-corrected chi connectivity index (χ4v) is 2.66. The fourth-order valence-electron chi connectivity index (χ4n) is 2.66. The Labute approximate surface area is 187 Å². The maximum atomic E-state index is 12.3. The van der Waals surface area contributed by atoms with Gasteiger partial charge in [0.1, 0.15) is 0 Å². The van der Waals surface area contributed by atoms with Crippen LogP contribution in [0.3, 0.4) is 0 Å². The standard InChI is InChI=1S/C23H29N3O6/c1-5-11-32-19-9-7-16(12-21(19)31-6-2)14-25-26-22(27)15-24-23(28)17-8-10-18(29-3)20(13-17)30-4/h7-10,12-14H,5-6,11,15H2,1-4H3,(H,24,28)(H,26,27). The molecule has 2 amide bonds. The summed E-state index contributed by atoms with van der Waals surface area (Å²) in [6.45, 7) is 4.78. The Morgan fingerprint density at radius 1 is 0.938 bits per heavy atom. The monoisotopic (exact) mass is 443 g/mol. The van der Waals surface area contributed by atoms with Crippen molar-refractivity contribution in [2.45, 2.75) is 20.3 Å². The van der Waals surface area contributed by atoms with Crippen LogP contribution < -0.4 is 29.7 Å². The normalized spacial score (nSPS) is 10.5. The Hall–Kier alpha value is -3.75. The molecule has 0 atom stereocenters. The number of hydrogen-bond donors (Lipinski definition) is 2. The first-order valence-electron chi connectivity index (χ1n) is 10.2. The second-order valence-electron chi connectivity index (χ2n) is 6.53. The average molecular weight is 444 g/mol. The van der Waals surface area contributed by atoms with Crippen LogP contribution >= 0.6 is 0 Å². The van der Waals surface area contributed by atoms with Gasteiger partial charge in [-0.2, -0.15) is 5.10 Å². The third-order valence-electron chi connectivity index (χ3n) is 4.19. The molecule has 0 saturated heterocycles. The largest absolute Gasteiger partial charge is 0.493 e. The number of ether oxygens (including phenoxy) is 4. The van der Waals surface area contributed by atoms with E-state index in [0.29, 0.717) is 41.8 Å². The molecule has 0 aliphatic heterocycles. The minimum atomic E-state index is -0.469. The molecular weight excluding hydrogens is 414 g/mol. The number of nitrogens with zero attached hydrogens (tertiary/aromatic N) is 1. The molecule has 0 aliphatic rings. The number of rotatable bonds is 12. The van der Waals surface area contributed by atoms with Gasteiger partial charge in [-0.05, 0) is 55.3 Å². The van der Waals surface area contributed by atoms with Crippen LogP contribution in [0.25, 0.3) is 0 Å². The lowest BCUT2D eigenvalue weighted by atomic mass is 10.2. The van der Waals surface area contributed by atoms with E-state index in [0.717, 1.165) is 12.0 Å². The van der Waals surface area contributed by atoms with Crippen LogP contribution in [0.4, 0.5) is 0 Å². The molecule has 0 bridgehead atoms. The van der Waals surface area contributed by atoms with Crippen molar-refractivity contribution in [3.05, 3.63) is 47.5 Å². The summed E-state index contributed by atoms with van der Waals surface area (Å²) >= 11 is 0. The zero-order valence-corrected chi connectivity index (χ0v) is 18.8. The highest BCUT2D eigenvalue weighted by atomic mass is 16.5. The Bertz CT molecular complexity index is 945. The van der Waals surface area contributed by atoms with Crippen LogP contribution in [0.2, 0.25) is 0 Å². The lowest BCUT2D eigenvalue weighted by molar-refractivity contribution is -0.120. The summed E-state index contributed by atoms with van der Waals surface area (Å²) in [6.07, 6.45) is 2.38. The van der Waals surface area contributed by atoms with E-state index in [2.05, 4.69) is 15.8 Å². The van der Waals surface area contributed by atoms with Gasteiger partial charge in [0.15, 0.2) is 23.0 Å². The maximum absolute atomic E-state index is 12.3. The molecule has 0 unspecified atom stereocenters. The summed E-state index contributed by atoms with van der Waals surface area (Å²) in [5.74, 6) is 1.31. The van der Waals surface area contributed by atoms with Gasteiger partial charge in [-0.15, -0.1) is 0 Å². The van der Waals surface area contributed by atoms with E-state index in [4.69, 9.17) is 18.9 Å². The molecule has 9 nitrogen and oxygen atoms in total. The van der Waals surface area contributed by atoms with Crippen LogP contribution in [0, 0.1) is 0 Å². The first kappa shape index (κ1) is 24.5. The molecule has 0 heterocycles. The fraction of sp³-hybridized carbons (Fsp3) is 0.348. The third-order valence-corrected chi connectivity index (χ3v) is 4.19. The van der Waals surface area contributed by atoms with E-state index in [-0.39, 0.29) is 6.54 Å². The van der Waals surface area contributed by atoms with Crippen molar-refractivity contribution < 1.29 is 28.5 Å². The third kappa shape index (κ3) is 7.19. The average Bonchev–Trinajstić information content (AvgIpc) is 2.81. The van der Waals surface area contributed by atoms with E-state index in [1.54, 1.807) is 24.3 Å². The van der Waals surface area contributed by atoms with Gasteiger partial charge in [0.25, 0.3) is 11.8 Å². The van der Waals surface area contributed by atoms with Crippen molar-refractivity contribution in [3.8, 4) is 23.0 Å². The van der Waals surface area contributed by atoms with E-state index in [1.807, 2.05) is 19.9 Å². The maximum Gasteiger partial charge on any atom is 0.259 e. The van der Waals surface area contributed by atoms with Crippen molar-refractivity contribution in [2.75, 3.05) is 34.0 Å². The van der Waals surface area contributed by atoms with Gasteiger partial charge in [0, 0.05) is 5.56 Å². The molecule has 0 aliphatic carbocycles. The highest BCUT2D eigenvalue weighted by molar-refractivity contribution is 5.97. The Kier molecular flexibility index (Phi) is 9.83. The van der Waals surface area contributed by atoms with Crippen LogP contribution in [0.1, 0.15) is 36.2 Å². The van der Waals surface area contributed by atoms with Crippen molar-refractivity contribution in [1.29, 1.82) is 0 Å². The van der Waals surface area contributed by atoms with Crippen molar-refractivity contribution >= 4 is 18.0 Å². The van der Waals surface area contributed by atoms with Gasteiger partial charge in [-0.3, -0.25) is 9.59 Å². The van der Waals surface area contributed by atoms with Gasteiger partial charge in [0.05, 0.1) is 40.2 Å². The summed E-state index contributed by atoms with van der Waals surface area (Å²) in [7, 11) is 2.99. The molecule has 9 heteroatoms. The second-order valence-corrected chi connectivity index (χ2v) is 6.53. The highest BCUT2D eigenvalue weighted by Crippen LogP contribution is 2.28. The number of benzene rings is 2. The topological polar surface area (TPSA) is 107 Å². The first-order valence-corrected chi connectivity index (χ1v) is 10.2. The smallest absolute Gasteiger partial charge is 0.259 e. The molecule has 0 spiro atoms. The Morgan fingerprint density at radius 3 is 2.38 bits per heavy atom. The predicted octanol–water partition coefficient (Wildman–Crippen LogP) is 2.77. The van der Waals surface area contributed by atoms with Crippen molar-refractivity contribution in [2.24, 2.45) is 5.10 Å². The number of carbonyl (C=O) groups excluding carboxylic acids is 2. The van der Waals surface area contributed by atoms with Crippen LogP contribution in [-0.4, -0.2) is 52.0 Å². The molecule has 0 radical (unpaired) electrons. The SMILES string of the molecule is CCCOc1ccc(C=NNC(=O)CNC(=O)c2ccc(OC)c(OC)c2)cc1OCC. The number of carbonyl (C=O) groups is 2. The van der Waals surface area contributed by atoms with Gasteiger partial charge in [0.2, 0.25) is 0 Å². The van der Waals surface area contributed by atoms with Crippen LogP contribution in [-0.2, 0) is 4.79 Å². The van der Waals surface area contributed by atoms with Crippen molar-refractivity contribution in [1.82, 2.24) is 10.7 Å². The van der Waals surface area contributed by atoms with E-state index in [1.165, 1.54) is 26.5 Å². The van der Waals surface area contributed by atoms with E-state index >= 15 is 0 Å². The molecule has 2 aromatic carbocycles. The minimum absolute atomic E-state index is 0.238. The summed E-state index contributed by atoms with van der Waals surface area (Å²) in [4.78, 5) is 24.3. The van der Waals surface area contributed by atoms with Gasteiger partial charge in [-0.25, -0.2) is 5.43 Å². The number of hydrogen-bond acceptors (Lipinski definition) is 7. The summed E-state index contributed by atoms with van der Waals surface area (Å²) in [5, 5.41) is 6.46. The first-order chi connectivity index (χ1) is 15.5. The molecule has 0 fully saturated rings. The van der Waals surface area contributed by atoms with Crippen molar-refractivity contribution in [3.63, 3.8) is 0 Å². The number of amides is 2. The lowest BCUT2D eigenvalue weighted by Crippen LogP contribution is -2.34. The lowest BCUT2D eigenvalue weighted by Gasteiger charge is -2.11. The zero-order valence-electron chi connectivity index (χ0n) is 18.8. The molecule has 0 saturated carbocycles. The molecule has 2 rings (SSSR count). The molecule has 2 aromatic rings. The van der Waals surface area contributed by atoms with E-state index < -0.39 is 11.8 Å². The summed E-state index contributed by atoms with van der Waals surface area (Å²) < 4.78 is 21.6. The number of methoxy groups -OCH3 is 2. The minimum Gasteiger partial charge on any atom is -0.493 e. The predicted molar refractivity (Wildman–Crippen MR) is 121 cm³/mol. The molecule has 2 N–H and O–H groups in total. The molecule has 32 heavy (non-hydrogen) atoms. The summed E-state index contributed by atoms with van der Waals surface area (Å²) in [6, 6.07) is 10.1. The number of hydrazone groups is 1. The van der Waals surface area contributed by atoms with E-state index in [9.17, 15) is 9.59 Å². The van der Waals surface area contributed by atoms with Gasteiger partial charge >= 0.3 is 0 Å². The molecular formula is C23H29N3O6. The van der Waals surface area contributed by atoms with Gasteiger partial charge in [-0.1, -0.05) is 6.92 Å². The van der Waals surface area contributed by atoms with Gasteiger partial charge < -0.3 is 24.3 Å². The zero-order chi connectivity index (χ0) is 23.3. The Balaban J connectivity index is 1.89. The van der Waals surface area contributed by atoms with Crippen LogP contribution in [0.5, 0.6) is 23.0 Å². The molecule has 0 aromatic heterocycles. The quantitative estimate of drug-likeness (QED) is 0.386. The second kappa shape index (κ2) is 12.8. The summed E-state index contributed by atoms with van der Waals surface area (Å²) in [5.41, 5.74) is 3.45. The number of nitrogens with one attached hydrogen (secondary N) is 2. The molecule has 172 valence electrons. The van der Waals surface area contributed by atoms with Crippen LogP contribution in [0.15, 0.2) is 41.5 Å². The Morgan fingerprint density at radius 2 is 1.69 bits per heavy atom.